The van der Waals surface area contributed by atoms with Crippen LogP contribution in [0.15, 0.2) is 18.2 Å². The molecule has 1 saturated carbocycles. The maximum atomic E-state index is 11.7. The van der Waals surface area contributed by atoms with Crippen LogP contribution in [0.4, 0.5) is 0 Å². The van der Waals surface area contributed by atoms with E-state index in [1.165, 1.54) is 6.26 Å². The second kappa shape index (κ2) is 6.36. The third kappa shape index (κ3) is 3.77. The largest absolute Gasteiger partial charge is 0.496 e. The number of hydrogen-bond acceptors (Lipinski definition) is 4. The molecular weight excluding hydrogens is 288 g/mol. The van der Waals surface area contributed by atoms with Crippen LogP contribution in [-0.4, -0.2) is 32.1 Å². The summed E-state index contributed by atoms with van der Waals surface area (Å²) in [5.74, 6) is 0.743. The molecule has 0 saturated heterocycles. The molecule has 3 atom stereocenters. The summed E-state index contributed by atoms with van der Waals surface area (Å²) in [6, 6.07) is 5.67. The molecule has 0 spiro atoms. The van der Waals surface area contributed by atoms with Crippen molar-refractivity contribution in [2.75, 3.05) is 13.4 Å². The molecule has 21 heavy (non-hydrogen) atoms. The normalized spacial score (nSPS) is 24.6. The van der Waals surface area contributed by atoms with Gasteiger partial charge in [0.1, 0.15) is 15.6 Å². The van der Waals surface area contributed by atoms with Gasteiger partial charge in [0.2, 0.25) is 0 Å². The number of aliphatic hydroxyl groups is 1. The first-order valence-corrected chi connectivity index (χ1v) is 9.30. The molecule has 0 aromatic heterocycles. The predicted molar refractivity (Wildman–Crippen MR) is 83.3 cm³/mol. The molecule has 0 radical (unpaired) electrons. The van der Waals surface area contributed by atoms with Crippen LogP contribution < -0.4 is 4.74 Å². The Kier molecular flexibility index (Phi) is 4.94. The summed E-state index contributed by atoms with van der Waals surface area (Å²) >= 11 is 0. The highest BCUT2D eigenvalue weighted by atomic mass is 32.2. The summed E-state index contributed by atoms with van der Waals surface area (Å²) in [5.41, 5.74) is 1.82. The summed E-state index contributed by atoms with van der Waals surface area (Å²) < 4.78 is 28.8. The Hall–Kier alpha value is -1.07. The number of aliphatic hydroxyl groups excluding tert-OH is 1. The van der Waals surface area contributed by atoms with Crippen molar-refractivity contribution < 1.29 is 18.3 Å². The van der Waals surface area contributed by atoms with E-state index in [1.807, 2.05) is 25.1 Å². The molecule has 4 nitrogen and oxygen atoms in total. The first-order valence-electron chi connectivity index (χ1n) is 7.34. The maximum Gasteiger partial charge on any atom is 0.150 e. The van der Waals surface area contributed by atoms with E-state index in [0.717, 1.165) is 29.7 Å². The number of methoxy groups -OCH3 is 1. The van der Waals surface area contributed by atoms with Crippen molar-refractivity contribution in [3.8, 4) is 5.75 Å². The smallest absolute Gasteiger partial charge is 0.150 e. The quantitative estimate of drug-likeness (QED) is 0.928. The number of sulfone groups is 1. The van der Waals surface area contributed by atoms with Crippen LogP contribution in [0.2, 0.25) is 0 Å². The van der Waals surface area contributed by atoms with E-state index in [2.05, 4.69) is 0 Å². The zero-order valence-electron chi connectivity index (χ0n) is 12.9. The molecule has 118 valence electrons. The molecule has 3 unspecified atom stereocenters. The molecule has 1 aromatic carbocycles. The fourth-order valence-corrected chi connectivity index (χ4v) is 4.34. The fraction of sp³-hybridized carbons (Fsp3) is 0.625. The molecule has 1 aromatic rings. The highest BCUT2D eigenvalue weighted by molar-refractivity contribution is 7.91. The first kappa shape index (κ1) is 16.3. The maximum absolute atomic E-state index is 11.7. The van der Waals surface area contributed by atoms with Gasteiger partial charge in [-0.05, 0) is 49.3 Å². The monoisotopic (exact) mass is 312 g/mol. The average Bonchev–Trinajstić information content (AvgIpc) is 2.46. The molecule has 0 aliphatic heterocycles. The van der Waals surface area contributed by atoms with Crippen LogP contribution in [0.1, 0.15) is 42.9 Å². The molecule has 1 aliphatic carbocycles. The Balaban J connectivity index is 2.17. The number of aryl methyl sites for hydroxylation is 1. The van der Waals surface area contributed by atoms with Crippen LogP contribution in [0, 0.1) is 12.8 Å². The van der Waals surface area contributed by atoms with Gasteiger partial charge in [0.05, 0.1) is 18.5 Å². The van der Waals surface area contributed by atoms with Crippen LogP contribution in [0.25, 0.3) is 0 Å². The van der Waals surface area contributed by atoms with E-state index in [1.54, 1.807) is 7.11 Å². The molecule has 5 heteroatoms. The highest BCUT2D eigenvalue weighted by Crippen LogP contribution is 2.37. The van der Waals surface area contributed by atoms with Crippen molar-refractivity contribution >= 4 is 9.84 Å². The zero-order chi connectivity index (χ0) is 15.6. The molecule has 0 bridgehead atoms. The van der Waals surface area contributed by atoms with E-state index in [0.29, 0.717) is 12.8 Å². The van der Waals surface area contributed by atoms with Crippen molar-refractivity contribution in [1.82, 2.24) is 0 Å². The van der Waals surface area contributed by atoms with Gasteiger partial charge in [-0.1, -0.05) is 18.6 Å². The van der Waals surface area contributed by atoms with Gasteiger partial charge in [0.15, 0.2) is 0 Å². The molecule has 1 fully saturated rings. The number of benzene rings is 1. The summed E-state index contributed by atoms with van der Waals surface area (Å²) in [4.78, 5) is 0. The molecule has 1 N–H and O–H groups in total. The Morgan fingerprint density at radius 1 is 1.33 bits per heavy atom. The van der Waals surface area contributed by atoms with Crippen molar-refractivity contribution in [2.45, 2.75) is 44.0 Å². The van der Waals surface area contributed by atoms with E-state index < -0.39 is 15.9 Å². The molecular formula is C16H24O4S. The lowest BCUT2D eigenvalue weighted by atomic mass is 9.82. The second-order valence-corrected chi connectivity index (χ2v) is 8.38. The number of rotatable bonds is 4. The van der Waals surface area contributed by atoms with Gasteiger partial charge in [-0.3, -0.25) is 0 Å². The summed E-state index contributed by atoms with van der Waals surface area (Å²) in [7, 11) is -1.42. The number of ether oxygens (including phenoxy) is 1. The lowest BCUT2D eigenvalue weighted by Gasteiger charge is -2.31. The third-order valence-electron chi connectivity index (χ3n) is 4.49. The van der Waals surface area contributed by atoms with Gasteiger partial charge >= 0.3 is 0 Å². The molecule has 0 amide bonds. The van der Waals surface area contributed by atoms with Crippen LogP contribution in [0.5, 0.6) is 5.75 Å². The highest BCUT2D eigenvalue weighted by Gasteiger charge is 2.33. The Bertz CT molecular complexity index is 594. The summed E-state index contributed by atoms with van der Waals surface area (Å²) in [6.45, 7) is 1.95. The molecule has 0 heterocycles. The van der Waals surface area contributed by atoms with Gasteiger partial charge in [-0.2, -0.15) is 0 Å². The van der Waals surface area contributed by atoms with Crippen LogP contribution in [0.3, 0.4) is 0 Å². The summed E-state index contributed by atoms with van der Waals surface area (Å²) in [6.07, 6.45) is 3.62. The lowest BCUT2D eigenvalue weighted by molar-refractivity contribution is 0.0855. The minimum atomic E-state index is -3.03. The van der Waals surface area contributed by atoms with E-state index >= 15 is 0 Å². The molecule has 1 aliphatic rings. The average molecular weight is 312 g/mol. The molecule has 2 rings (SSSR count). The van der Waals surface area contributed by atoms with Crippen molar-refractivity contribution in [1.29, 1.82) is 0 Å². The van der Waals surface area contributed by atoms with Crippen molar-refractivity contribution in [3.05, 3.63) is 29.3 Å². The van der Waals surface area contributed by atoms with Crippen LogP contribution in [-0.2, 0) is 9.84 Å². The Morgan fingerprint density at radius 3 is 2.67 bits per heavy atom. The Labute approximate surface area is 127 Å². The van der Waals surface area contributed by atoms with Crippen LogP contribution >= 0.6 is 0 Å². The number of hydrogen-bond donors (Lipinski definition) is 1. The van der Waals surface area contributed by atoms with E-state index in [-0.39, 0.29) is 11.2 Å². The van der Waals surface area contributed by atoms with Crippen molar-refractivity contribution in [3.63, 3.8) is 0 Å². The predicted octanol–water partition coefficient (Wildman–Crippen LogP) is 2.64. The minimum Gasteiger partial charge on any atom is -0.496 e. The third-order valence-corrected chi connectivity index (χ3v) is 6.13. The standard InChI is InChI=1S/C16H24O4S/c1-11-7-8-13(10-15(11)20-2)16(17)12-5-4-6-14(9-12)21(3,18)19/h7-8,10,12,14,16-17H,4-6,9H2,1-3H3. The lowest BCUT2D eigenvalue weighted by Crippen LogP contribution is -2.30. The topological polar surface area (TPSA) is 63.6 Å². The first-order chi connectivity index (χ1) is 9.82. The van der Waals surface area contributed by atoms with Gasteiger partial charge < -0.3 is 9.84 Å². The van der Waals surface area contributed by atoms with Gasteiger partial charge in [-0.15, -0.1) is 0 Å². The van der Waals surface area contributed by atoms with Gasteiger partial charge in [0.25, 0.3) is 0 Å². The van der Waals surface area contributed by atoms with E-state index in [4.69, 9.17) is 4.74 Å². The van der Waals surface area contributed by atoms with Crippen molar-refractivity contribution in [2.24, 2.45) is 5.92 Å². The fourth-order valence-electron chi connectivity index (χ4n) is 3.15. The van der Waals surface area contributed by atoms with E-state index in [9.17, 15) is 13.5 Å². The van der Waals surface area contributed by atoms with Gasteiger partial charge in [0, 0.05) is 6.26 Å². The van der Waals surface area contributed by atoms with Gasteiger partial charge in [-0.25, -0.2) is 8.42 Å². The minimum absolute atomic E-state index is 0.00844. The zero-order valence-corrected chi connectivity index (χ0v) is 13.7. The second-order valence-electron chi connectivity index (χ2n) is 6.05. The Morgan fingerprint density at radius 2 is 2.05 bits per heavy atom. The summed E-state index contributed by atoms with van der Waals surface area (Å²) in [5, 5.41) is 10.3. The SMILES string of the molecule is COc1cc(C(O)C2CCCC(S(C)(=O)=O)C2)ccc1C.